The largest absolute Gasteiger partial charge is 0.356 e. The number of rotatable bonds is 8. The van der Waals surface area contributed by atoms with Gasteiger partial charge in [-0.05, 0) is 25.9 Å². The molecule has 0 aromatic heterocycles. The van der Waals surface area contributed by atoms with E-state index in [1.807, 2.05) is 0 Å². The highest BCUT2D eigenvalue weighted by Gasteiger charge is 1.92. The molecule has 0 aliphatic heterocycles. The molecule has 5 nitrogen and oxygen atoms in total. The number of hydrogen-bond donors (Lipinski definition) is 3. The van der Waals surface area contributed by atoms with Crippen LogP contribution in [0, 0.1) is 0 Å². The summed E-state index contributed by atoms with van der Waals surface area (Å²) in [5.41, 5.74) is 0. The van der Waals surface area contributed by atoms with Gasteiger partial charge in [0.1, 0.15) is 0 Å². The zero-order valence-electron chi connectivity index (χ0n) is 9.56. The topological polar surface area (TPSA) is 70.2 Å². The van der Waals surface area contributed by atoms with Crippen molar-refractivity contribution >= 4 is 11.8 Å². The molecule has 0 heterocycles. The average Bonchev–Trinajstić information content (AvgIpc) is 2.14. The summed E-state index contributed by atoms with van der Waals surface area (Å²) in [6.07, 6.45) is 1.86. The lowest BCUT2D eigenvalue weighted by atomic mass is 10.3. The van der Waals surface area contributed by atoms with E-state index in [9.17, 15) is 9.59 Å². The molecular weight excluding hydrogens is 194 g/mol. The maximum absolute atomic E-state index is 10.5. The molecule has 88 valence electrons. The molecule has 0 bridgehead atoms. The second-order valence-electron chi connectivity index (χ2n) is 3.42. The van der Waals surface area contributed by atoms with Gasteiger partial charge in [-0.15, -0.1) is 0 Å². The molecule has 0 radical (unpaired) electrons. The average molecular weight is 215 g/mol. The molecule has 0 rings (SSSR count). The number of amides is 2. The van der Waals surface area contributed by atoms with Gasteiger partial charge in [0, 0.05) is 26.9 Å². The first-order valence-electron chi connectivity index (χ1n) is 5.32. The first-order valence-corrected chi connectivity index (χ1v) is 5.32. The summed E-state index contributed by atoms with van der Waals surface area (Å²) >= 11 is 0. The Balaban J connectivity index is 2.99. The first kappa shape index (κ1) is 13.9. The van der Waals surface area contributed by atoms with Gasteiger partial charge in [-0.25, -0.2) is 0 Å². The standard InChI is InChI=1S/C10H21N3O2/c1-9(14)12-7-3-5-11-6-4-8-13-10(2)15/h11H,3-8H2,1-2H3,(H,12,14)(H,13,15). The predicted molar refractivity (Wildman–Crippen MR) is 59.5 cm³/mol. The number of carbonyl (C=O) groups is 2. The summed E-state index contributed by atoms with van der Waals surface area (Å²) in [7, 11) is 0. The van der Waals surface area contributed by atoms with Crippen molar-refractivity contribution in [3.8, 4) is 0 Å². The third-order valence-electron chi connectivity index (χ3n) is 1.81. The summed E-state index contributed by atoms with van der Waals surface area (Å²) < 4.78 is 0. The Morgan fingerprint density at radius 1 is 0.800 bits per heavy atom. The van der Waals surface area contributed by atoms with Crippen LogP contribution in [0.3, 0.4) is 0 Å². The van der Waals surface area contributed by atoms with Crippen molar-refractivity contribution in [3.63, 3.8) is 0 Å². The molecular formula is C10H21N3O2. The van der Waals surface area contributed by atoms with Crippen molar-refractivity contribution < 1.29 is 9.59 Å². The van der Waals surface area contributed by atoms with Gasteiger partial charge in [-0.1, -0.05) is 0 Å². The van der Waals surface area contributed by atoms with Crippen LogP contribution >= 0.6 is 0 Å². The fourth-order valence-corrected chi connectivity index (χ4v) is 1.08. The van der Waals surface area contributed by atoms with Crippen LogP contribution < -0.4 is 16.0 Å². The Kier molecular flexibility index (Phi) is 8.76. The van der Waals surface area contributed by atoms with Crippen LogP contribution in [-0.4, -0.2) is 38.0 Å². The zero-order chi connectivity index (χ0) is 11.5. The molecule has 0 unspecified atom stereocenters. The van der Waals surface area contributed by atoms with E-state index < -0.39 is 0 Å². The highest BCUT2D eigenvalue weighted by molar-refractivity contribution is 5.72. The summed E-state index contributed by atoms with van der Waals surface area (Å²) in [5.74, 6) is 0.0290. The smallest absolute Gasteiger partial charge is 0.216 e. The van der Waals surface area contributed by atoms with Crippen LogP contribution in [0.15, 0.2) is 0 Å². The molecule has 15 heavy (non-hydrogen) atoms. The Hall–Kier alpha value is -1.10. The van der Waals surface area contributed by atoms with Crippen LogP contribution in [0.2, 0.25) is 0 Å². The van der Waals surface area contributed by atoms with Gasteiger partial charge in [0.25, 0.3) is 0 Å². The highest BCUT2D eigenvalue weighted by atomic mass is 16.1. The van der Waals surface area contributed by atoms with Crippen LogP contribution in [0.4, 0.5) is 0 Å². The molecule has 3 N–H and O–H groups in total. The maximum Gasteiger partial charge on any atom is 0.216 e. The number of carbonyl (C=O) groups excluding carboxylic acids is 2. The van der Waals surface area contributed by atoms with E-state index in [1.54, 1.807) is 0 Å². The third-order valence-corrected chi connectivity index (χ3v) is 1.81. The minimum Gasteiger partial charge on any atom is -0.356 e. The molecule has 0 atom stereocenters. The molecule has 0 fully saturated rings. The van der Waals surface area contributed by atoms with Gasteiger partial charge >= 0.3 is 0 Å². The molecule has 0 spiro atoms. The molecule has 0 saturated heterocycles. The summed E-state index contributed by atoms with van der Waals surface area (Å²) in [5, 5.41) is 8.68. The van der Waals surface area contributed by atoms with Gasteiger partial charge in [-0.3, -0.25) is 9.59 Å². The second kappa shape index (κ2) is 9.45. The summed E-state index contributed by atoms with van der Waals surface area (Å²) in [6.45, 7) is 6.24. The lowest BCUT2D eigenvalue weighted by Gasteiger charge is -2.05. The molecule has 2 amide bonds. The Labute approximate surface area is 91.0 Å². The van der Waals surface area contributed by atoms with Gasteiger partial charge in [0.05, 0.1) is 0 Å². The van der Waals surface area contributed by atoms with E-state index in [-0.39, 0.29) is 11.8 Å². The fraction of sp³-hybridized carbons (Fsp3) is 0.800. The van der Waals surface area contributed by atoms with E-state index in [4.69, 9.17) is 0 Å². The van der Waals surface area contributed by atoms with Crippen molar-refractivity contribution in [2.75, 3.05) is 26.2 Å². The highest BCUT2D eigenvalue weighted by Crippen LogP contribution is 1.77. The molecule has 0 aliphatic carbocycles. The lowest BCUT2D eigenvalue weighted by Crippen LogP contribution is -2.27. The van der Waals surface area contributed by atoms with E-state index in [2.05, 4.69) is 16.0 Å². The van der Waals surface area contributed by atoms with Crippen LogP contribution in [0.5, 0.6) is 0 Å². The summed E-state index contributed by atoms with van der Waals surface area (Å²) in [4.78, 5) is 21.0. The van der Waals surface area contributed by atoms with Crippen LogP contribution in [-0.2, 0) is 9.59 Å². The molecule has 5 heteroatoms. The molecule has 0 saturated carbocycles. The van der Waals surface area contributed by atoms with Crippen molar-refractivity contribution in [2.24, 2.45) is 0 Å². The van der Waals surface area contributed by atoms with Gasteiger partial charge in [0.2, 0.25) is 11.8 Å². The quantitative estimate of drug-likeness (QED) is 0.484. The van der Waals surface area contributed by atoms with Crippen molar-refractivity contribution in [3.05, 3.63) is 0 Å². The normalized spacial score (nSPS) is 9.73. The van der Waals surface area contributed by atoms with E-state index in [1.165, 1.54) is 13.8 Å². The Bertz CT molecular complexity index is 175. The van der Waals surface area contributed by atoms with E-state index in [0.29, 0.717) is 13.1 Å². The van der Waals surface area contributed by atoms with Crippen molar-refractivity contribution in [2.45, 2.75) is 26.7 Å². The fourth-order valence-electron chi connectivity index (χ4n) is 1.08. The molecule has 0 aromatic rings. The first-order chi connectivity index (χ1) is 7.13. The second-order valence-corrected chi connectivity index (χ2v) is 3.42. The van der Waals surface area contributed by atoms with Crippen LogP contribution in [0.25, 0.3) is 0 Å². The minimum absolute atomic E-state index is 0.0145. The van der Waals surface area contributed by atoms with Gasteiger partial charge in [-0.2, -0.15) is 0 Å². The van der Waals surface area contributed by atoms with Gasteiger partial charge in [0.15, 0.2) is 0 Å². The third kappa shape index (κ3) is 12.9. The molecule has 0 aliphatic rings. The number of hydrogen-bond acceptors (Lipinski definition) is 3. The van der Waals surface area contributed by atoms with Crippen molar-refractivity contribution in [1.82, 2.24) is 16.0 Å². The summed E-state index contributed by atoms with van der Waals surface area (Å²) in [6, 6.07) is 0. The van der Waals surface area contributed by atoms with Crippen LogP contribution in [0.1, 0.15) is 26.7 Å². The van der Waals surface area contributed by atoms with E-state index >= 15 is 0 Å². The maximum atomic E-state index is 10.5. The van der Waals surface area contributed by atoms with Crippen molar-refractivity contribution in [1.29, 1.82) is 0 Å². The Morgan fingerprint density at radius 2 is 1.20 bits per heavy atom. The molecule has 0 aromatic carbocycles. The SMILES string of the molecule is CC(=O)NCCCNCCCNC(C)=O. The zero-order valence-corrected chi connectivity index (χ0v) is 9.56. The Morgan fingerprint density at radius 3 is 1.53 bits per heavy atom. The lowest BCUT2D eigenvalue weighted by molar-refractivity contribution is -0.119. The predicted octanol–water partition coefficient (Wildman–Crippen LogP) is -0.372. The van der Waals surface area contributed by atoms with Gasteiger partial charge < -0.3 is 16.0 Å². The minimum atomic E-state index is 0.0145. The number of nitrogens with one attached hydrogen (secondary N) is 3. The van der Waals surface area contributed by atoms with E-state index in [0.717, 1.165) is 25.9 Å². The monoisotopic (exact) mass is 215 g/mol.